The van der Waals surface area contributed by atoms with Crippen molar-refractivity contribution in [2.24, 2.45) is 0 Å². The van der Waals surface area contributed by atoms with Crippen LogP contribution in [0.5, 0.6) is 0 Å². The molecule has 0 aliphatic rings. The highest BCUT2D eigenvalue weighted by molar-refractivity contribution is 5.88. The molecule has 0 fully saturated rings. The average molecular weight is 527 g/mol. The van der Waals surface area contributed by atoms with Gasteiger partial charge in [0.05, 0.1) is 23.4 Å². The van der Waals surface area contributed by atoms with E-state index in [-0.39, 0.29) is 0 Å². The second-order valence-electron chi connectivity index (χ2n) is 11.2. The van der Waals surface area contributed by atoms with Gasteiger partial charge < -0.3 is 0 Å². The lowest BCUT2D eigenvalue weighted by atomic mass is 9.87. The van der Waals surface area contributed by atoms with Crippen LogP contribution in [0.1, 0.15) is 48.9 Å². The highest BCUT2D eigenvalue weighted by atomic mass is 15.3. The molecule has 202 valence electrons. The van der Waals surface area contributed by atoms with Gasteiger partial charge in [0.15, 0.2) is 0 Å². The van der Waals surface area contributed by atoms with Gasteiger partial charge in [-0.2, -0.15) is 10.2 Å². The van der Waals surface area contributed by atoms with Crippen molar-refractivity contribution in [2.45, 2.75) is 67.5 Å². The molecular formula is C36H38N4. The maximum absolute atomic E-state index is 4.60. The van der Waals surface area contributed by atoms with Crippen LogP contribution >= 0.6 is 0 Å². The third kappa shape index (κ3) is 4.52. The summed E-state index contributed by atoms with van der Waals surface area (Å²) in [5, 5.41) is 11.6. The van der Waals surface area contributed by atoms with Crippen molar-refractivity contribution in [2.75, 3.05) is 0 Å². The first-order chi connectivity index (χ1) is 19.4. The number of aromatic nitrogens is 4. The Bertz CT molecular complexity index is 1730. The Morgan fingerprint density at radius 1 is 0.500 bits per heavy atom. The van der Waals surface area contributed by atoms with Crippen molar-refractivity contribution >= 4 is 21.8 Å². The van der Waals surface area contributed by atoms with Crippen molar-refractivity contribution in [3.63, 3.8) is 0 Å². The molecular weight excluding hydrogens is 488 g/mol. The van der Waals surface area contributed by atoms with Gasteiger partial charge in [-0.15, -0.1) is 0 Å². The quantitative estimate of drug-likeness (QED) is 0.208. The fourth-order valence-corrected chi connectivity index (χ4v) is 6.12. The van der Waals surface area contributed by atoms with E-state index in [0.717, 1.165) is 25.9 Å². The highest BCUT2D eigenvalue weighted by Gasteiger charge is 2.15. The van der Waals surface area contributed by atoms with E-state index in [1.807, 2.05) is 12.4 Å². The lowest BCUT2D eigenvalue weighted by molar-refractivity contribution is 0.622. The van der Waals surface area contributed by atoms with Crippen LogP contribution in [0.15, 0.2) is 73.1 Å². The van der Waals surface area contributed by atoms with Crippen LogP contribution in [0.2, 0.25) is 0 Å². The van der Waals surface area contributed by atoms with Crippen LogP contribution in [-0.4, -0.2) is 19.6 Å². The minimum Gasteiger partial charge on any atom is -0.265 e. The van der Waals surface area contributed by atoms with Crippen LogP contribution in [0, 0.1) is 27.7 Å². The van der Waals surface area contributed by atoms with E-state index in [1.165, 1.54) is 77.4 Å². The molecule has 0 atom stereocenters. The van der Waals surface area contributed by atoms with Gasteiger partial charge in [0.2, 0.25) is 0 Å². The Morgan fingerprint density at radius 3 is 1.27 bits per heavy atom. The molecule has 0 aliphatic carbocycles. The Morgan fingerprint density at radius 2 is 0.875 bits per heavy atom. The Kier molecular flexibility index (Phi) is 6.79. The molecule has 0 amide bonds. The SMILES string of the molecule is CCCn1ncc2cc(-c3cc(C)c(-c4cc(C)c(-c5ccc6c(cnn6CCC)c5)cc4C)cc3C)ccc21. The van der Waals surface area contributed by atoms with Crippen molar-refractivity contribution < 1.29 is 0 Å². The van der Waals surface area contributed by atoms with E-state index in [9.17, 15) is 0 Å². The summed E-state index contributed by atoms with van der Waals surface area (Å²) in [6, 6.07) is 22.9. The zero-order chi connectivity index (χ0) is 28.0. The van der Waals surface area contributed by atoms with Gasteiger partial charge in [0.25, 0.3) is 0 Å². The maximum atomic E-state index is 4.60. The van der Waals surface area contributed by atoms with Crippen molar-refractivity contribution in [1.82, 2.24) is 19.6 Å². The summed E-state index contributed by atoms with van der Waals surface area (Å²) in [6.07, 6.45) is 6.15. The van der Waals surface area contributed by atoms with Crippen LogP contribution in [0.4, 0.5) is 0 Å². The number of benzene rings is 4. The molecule has 4 aromatic carbocycles. The fourth-order valence-electron chi connectivity index (χ4n) is 6.12. The lowest BCUT2D eigenvalue weighted by Gasteiger charge is -2.17. The minimum absolute atomic E-state index is 0.950. The predicted molar refractivity (Wildman–Crippen MR) is 169 cm³/mol. The second kappa shape index (κ2) is 10.4. The molecule has 2 aromatic heterocycles. The second-order valence-corrected chi connectivity index (χ2v) is 11.2. The third-order valence-electron chi connectivity index (χ3n) is 8.21. The van der Waals surface area contributed by atoms with Gasteiger partial charge >= 0.3 is 0 Å². The van der Waals surface area contributed by atoms with Gasteiger partial charge in [0, 0.05) is 23.9 Å². The molecule has 0 saturated carbocycles. The van der Waals surface area contributed by atoms with Crippen molar-refractivity contribution in [3.05, 3.63) is 95.3 Å². The molecule has 0 aliphatic heterocycles. The highest BCUT2D eigenvalue weighted by Crippen LogP contribution is 2.37. The van der Waals surface area contributed by atoms with E-state index in [4.69, 9.17) is 0 Å². The van der Waals surface area contributed by atoms with Gasteiger partial charge in [0.1, 0.15) is 0 Å². The molecule has 0 spiro atoms. The topological polar surface area (TPSA) is 35.6 Å². The summed E-state index contributed by atoms with van der Waals surface area (Å²) in [7, 11) is 0. The van der Waals surface area contributed by atoms with Crippen molar-refractivity contribution in [1.29, 1.82) is 0 Å². The molecule has 6 aromatic rings. The summed E-state index contributed by atoms with van der Waals surface area (Å²) in [5.41, 5.74) is 15.3. The molecule has 0 saturated heterocycles. The first-order valence-corrected chi connectivity index (χ1v) is 14.5. The van der Waals surface area contributed by atoms with E-state index in [2.05, 4.69) is 122 Å². The first kappa shape index (κ1) is 26.1. The molecule has 0 radical (unpaired) electrons. The fraction of sp³-hybridized carbons (Fsp3) is 0.278. The largest absolute Gasteiger partial charge is 0.265 e. The molecule has 0 N–H and O–H groups in total. The number of hydrogen-bond donors (Lipinski definition) is 0. The number of aryl methyl sites for hydroxylation is 6. The lowest BCUT2D eigenvalue weighted by Crippen LogP contribution is -1.98. The maximum Gasteiger partial charge on any atom is 0.0682 e. The predicted octanol–water partition coefficient (Wildman–Crippen LogP) is 9.44. The van der Waals surface area contributed by atoms with Crippen LogP contribution in [-0.2, 0) is 13.1 Å². The standard InChI is InChI=1S/C36H38N4/c1-7-13-39-35-11-9-27(19-29(35)21-37-39)31-15-25(5)33(17-23(31)3)34-18-24(4)32(16-26(34)6)28-10-12-36-30(20-28)22-38-40(36)14-8-2/h9-12,15-22H,7-8,13-14H2,1-6H3. The molecule has 6 rings (SSSR count). The summed E-state index contributed by atoms with van der Waals surface area (Å²) in [5.74, 6) is 0. The van der Waals surface area contributed by atoms with Gasteiger partial charge in [-0.1, -0.05) is 50.2 Å². The number of fused-ring (bicyclic) bond motifs is 2. The van der Waals surface area contributed by atoms with Crippen LogP contribution < -0.4 is 0 Å². The summed E-state index contributed by atoms with van der Waals surface area (Å²) >= 11 is 0. The molecule has 0 bridgehead atoms. The number of rotatable bonds is 7. The van der Waals surface area contributed by atoms with E-state index in [1.54, 1.807) is 0 Å². The summed E-state index contributed by atoms with van der Waals surface area (Å²) in [6.45, 7) is 15.2. The van der Waals surface area contributed by atoms with Crippen LogP contribution in [0.3, 0.4) is 0 Å². The minimum atomic E-state index is 0.950. The van der Waals surface area contributed by atoms with Crippen molar-refractivity contribution in [3.8, 4) is 33.4 Å². The van der Waals surface area contributed by atoms with E-state index >= 15 is 0 Å². The molecule has 2 heterocycles. The Hall–Kier alpha value is -4.18. The first-order valence-electron chi connectivity index (χ1n) is 14.5. The van der Waals surface area contributed by atoms with E-state index in [0.29, 0.717) is 0 Å². The van der Waals surface area contributed by atoms with E-state index < -0.39 is 0 Å². The normalized spacial score (nSPS) is 11.7. The monoisotopic (exact) mass is 526 g/mol. The van der Waals surface area contributed by atoms with Gasteiger partial charge in [-0.3, -0.25) is 9.36 Å². The Labute approximate surface area is 237 Å². The molecule has 40 heavy (non-hydrogen) atoms. The average Bonchev–Trinajstić information content (AvgIpc) is 3.54. The number of nitrogens with zero attached hydrogens (tertiary/aromatic N) is 4. The zero-order valence-electron chi connectivity index (χ0n) is 24.5. The van der Waals surface area contributed by atoms with Gasteiger partial charge in [-0.05, 0) is 120 Å². The molecule has 0 unspecified atom stereocenters. The Balaban J connectivity index is 1.36. The summed E-state index contributed by atoms with van der Waals surface area (Å²) < 4.78 is 4.21. The molecule has 4 nitrogen and oxygen atoms in total. The summed E-state index contributed by atoms with van der Waals surface area (Å²) in [4.78, 5) is 0. The third-order valence-corrected chi connectivity index (χ3v) is 8.21. The molecule has 4 heteroatoms. The number of hydrogen-bond acceptors (Lipinski definition) is 2. The zero-order valence-corrected chi connectivity index (χ0v) is 24.5. The van der Waals surface area contributed by atoms with Gasteiger partial charge in [-0.25, -0.2) is 0 Å². The smallest absolute Gasteiger partial charge is 0.0682 e. The van der Waals surface area contributed by atoms with Crippen LogP contribution in [0.25, 0.3) is 55.2 Å².